The molecule has 0 fully saturated rings. The van der Waals surface area contributed by atoms with Crippen LogP contribution in [0.25, 0.3) is 0 Å². The predicted octanol–water partition coefficient (Wildman–Crippen LogP) is 1.43. The summed E-state index contributed by atoms with van der Waals surface area (Å²) in [4.78, 5) is 0. The van der Waals surface area contributed by atoms with Gasteiger partial charge in [0.05, 0.1) is 6.61 Å². The van der Waals surface area contributed by atoms with Crippen molar-refractivity contribution >= 4 is 0 Å². The lowest BCUT2D eigenvalue weighted by molar-refractivity contribution is 0.173. The Morgan fingerprint density at radius 1 is 1.20 bits per heavy atom. The number of aromatic nitrogens is 2. The maximum Gasteiger partial charge on any atom is 0.253 e. The third-order valence-electron chi connectivity index (χ3n) is 2.89. The molecule has 2 heterocycles. The van der Waals surface area contributed by atoms with Gasteiger partial charge >= 0.3 is 0 Å². The molecular formula is C13H14N2O5. The van der Waals surface area contributed by atoms with Gasteiger partial charge in [0.1, 0.15) is 5.75 Å². The van der Waals surface area contributed by atoms with E-state index in [1.54, 1.807) is 12.1 Å². The molecule has 7 nitrogen and oxygen atoms in total. The molecule has 0 spiro atoms. The molecule has 1 aromatic carbocycles. The standard InChI is InChI=1S/C13H14N2O5/c1-2-12-14-15-13(20-12)6-17-9-4-11-10(18-7-19-11)3-8(9)5-16/h3-4,16H,2,5-7H2,1H3. The lowest BCUT2D eigenvalue weighted by atomic mass is 10.2. The van der Waals surface area contributed by atoms with Crippen LogP contribution in [0.4, 0.5) is 0 Å². The number of rotatable bonds is 5. The number of benzene rings is 1. The lowest BCUT2D eigenvalue weighted by Crippen LogP contribution is -1.99. The Balaban J connectivity index is 1.76. The highest BCUT2D eigenvalue weighted by atomic mass is 16.7. The molecule has 1 N–H and O–H groups in total. The van der Waals surface area contributed by atoms with E-state index < -0.39 is 0 Å². The molecule has 1 aromatic heterocycles. The number of hydrogen-bond donors (Lipinski definition) is 1. The zero-order valence-corrected chi connectivity index (χ0v) is 11.0. The van der Waals surface area contributed by atoms with Crippen LogP contribution in [-0.2, 0) is 19.6 Å². The molecule has 1 aliphatic rings. The van der Waals surface area contributed by atoms with Crippen LogP contribution < -0.4 is 14.2 Å². The van der Waals surface area contributed by atoms with Crippen molar-refractivity contribution in [3.63, 3.8) is 0 Å². The first kappa shape index (κ1) is 12.7. The van der Waals surface area contributed by atoms with Gasteiger partial charge in [-0.25, -0.2) is 0 Å². The summed E-state index contributed by atoms with van der Waals surface area (Å²) in [6.07, 6.45) is 0.679. The number of aliphatic hydroxyl groups is 1. The van der Waals surface area contributed by atoms with E-state index in [9.17, 15) is 5.11 Å². The average Bonchev–Trinajstić information content (AvgIpc) is 3.12. The average molecular weight is 278 g/mol. The quantitative estimate of drug-likeness (QED) is 0.885. The highest BCUT2D eigenvalue weighted by Crippen LogP contribution is 2.38. The monoisotopic (exact) mass is 278 g/mol. The van der Waals surface area contributed by atoms with Gasteiger partial charge in [0, 0.05) is 18.1 Å². The highest BCUT2D eigenvalue weighted by Gasteiger charge is 2.18. The first-order chi connectivity index (χ1) is 9.80. The fourth-order valence-corrected chi connectivity index (χ4v) is 1.85. The van der Waals surface area contributed by atoms with Crippen LogP contribution in [0.3, 0.4) is 0 Å². The van der Waals surface area contributed by atoms with E-state index in [-0.39, 0.29) is 20.0 Å². The Morgan fingerprint density at radius 2 is 1.95 bits per heavy atom. The van der Waals surface area contributed by atoms with Crippen molar-refractivity contribution in [3.8, 4) is 17.2 Å². The summed E-state index contributed by atoms with van der Waals surface area (Å²) in [6.45, 7) is 2.09. The summed E-state index contributed by atoms with van der Waals surface area (Å²) in [5, 5.41) is 17.1. The van der Waals surface area contributed by atoms with Crippen LogP contribution in [0, 0.1) is 0 Å². The SMILES string of the molecule is CCc1nnc(COc2cc3c(cc2CO)OCO3)o1. The van der Waals surface area contributed by atoms with Crippen molar-refractivity contribution in [1.29, 1.82) is 0 Å². The van der Waals surface area contributed by atoms with Gasteiger partial charge in [-0.2, -0.15) is 0 Å². The summed E-state index contributed by atoms with van der Waals surface area (Å²) < 4.78 is 21.5. The minimum Gasteiger partial charge on any atom is -0.483 e. The number of nitrogens with zero attached hydrogens (tertiary/aromatic N) is 2. The van der Waals surface area contributed by atoms with Crippen LogP contribution in [0.15, 0.2) is 16.5 Å². The predicted molar refractivity (Wildman–Crippen MR) is 66.5 cm³/mol. The molecule has 0 bridgehead atoms. The molecule has 0 atom stereocenters. The van der Waals surface area contributed by atoms with Crippen LogP contribution in [-0.4, -0.2) is 22.1 Å². The zero-order chi connectivity index (χ0) is 13.9. The second-order valence-corrected chi connectivity index (χ2v) is 4.20. The maximum atomic E-state index is 9.36. The Labute approximate surface area is 115 Å². The first-order valence-corrected chi connectivity index (χ1v) is 6.27. The summed E-state index contributed by atoms with van der Waals surface area (Å²) in [7, 11) is 0. The zero-order valence-electron chi connectivity index (χ0n) is 11.0. The largest absolute Gasteiger partial charge is 0.483 e. The molecule has 20 heavy (non-hydrogen) atoms. The van der Waals surface area contributed by atoms with Crippen LogP contribution in [0.2, 0.25) is 0 Å². The molecule has 1 aliphatic heterocycles. The molecule has 106 valence electrons. The summed E-state index contributed by atoms with van der Waals surface area (Å²) in [6, 6.07) is 3.38. The molecule has 0 amide bonds. The van der Waals surface area contributed by atoms with Gasteiger partial charge in [0.25, 0.3) is 5.89 Å². The molecular weight excluding hydrogens is 264 g/mol. The minimum absolute atomic E-state index is 0.139. The molecule has 0 aliphatic carbocycles. The summed E-state index contributed by atoms with van der Waals surface area (Å²) in [5.74, 6) is 2.66. The second-order valence-electron chi connectivity index (χ2n) is 4.20. The van der Waals surface area contributed by atoms with Crippen molar-refractivity contribution in [3.05, 3.63) is 29.5 Å². The van der Waals surface area contributed by atoms with E-state index in [2.05, 4.69) is 10.2 Å². The maximum absolute atomic E-state index is 9.36. The topological polar surface area (TPSA) is 86.8 Å². The van der Waals surface area contributed by atoms with Gasteiger partial charge in [-0.05, 0) is 6.07 Å². The number of fused-ring (bicyclic) bond motifs is 1. The van der Waals surface area contributed by atoms with Gasteiger partial charge < -0.3 is 23.7 Å². The lowest BCUT2D eigenvalue weighted by Gasteiger charge is -2.09. The van der Waals surface area contributed by atoms with Crippen molar-refractivity contribution in [2.75, 3.05) is 6.79 Å². The normalized spacial score (nSPS) is 12.7. The molecule has 0 unspecified atom stereocenters. The number of aryl methyl sites for hydroxylation is 1. The van der Waals surface area contributed by atoms with E-state index in [0.717, 1.165) is 0 Å². The first-order valence-electron chi connectivity index (χ1n) is 6.27. The van der Waals surface area contributed by atoms with Gasteiger partial charge in [0.2, 0.25) is 12.7 Å². The van der Waals surface area contributed by atoms with E-state index >= 15 is 0 Å². The number of hydrogen-bond acceptors (Lipinski definition) is 7. The number of aliphatic hydroxyl groups excluding tert-OH is 1. The van der Waals surface area contributed by atoms with Crippen LogP contribution in [0.5, 0.6) is 17.2 Å². The van der Waals surface area contributed by atoms with Gasteiger partial charge in [0.15, 0.2) is 18.1 Å². The van der Waals surface area contributed by atoms with Crippen molar-refractivity contribution in [2.24, 2.45) is 0 Å². The van der Waals surface area contributed by atoms with Gasteiger partial charge in [-0.3, -0.25) is 0 Å². The van der Waals surface area contributed by atoms with Crippen molar-refractivity contribution in [1.82, 2.24) is 10.2 Å². The third-order valence-corrected chi connectivity index (χ3v) is 2.89. The van der Waals surface area contributed by atoms with Crippen LogP contribution in [0.1, 0.15) is 24.3 Å². The Morgan fingerprint density at radius 3 is 2.65 bits per heavy atom. The summed E-state index contributed by atoms with van der Waals surface area (Å²) >= 11 is 0. The van der Waals surface area contributed by atoms with Crippen LogP contribution >= 0.6 is 0 Å². The van der Waals surface area contributed by atoms with Crippen molar-refractivity contribution in [2.45, 2.75) is 26.6 Å². The van der Waals surface area contributed by atoms with Gasteiger partial charge in [-0.1, -0.05) is 6.92 Å². The minimum atomic E-state index is -0.157. The molecule has 0 saturated heterocycles. The van der Waals surface area contributed by atoms with E-state index in [1.807, 2.05) is 6.92 Å². The number of ether oxygens (including phenoxy) is 3. The van der Waals surface area contributed by atoms with Crippen molar-refractivity contribution < 1.29 is 23.7 Å². The Kier molecular flexibility index (Phi) is 3.42. The second kappa shape index (κ2) is 5.38. The fraction of sp³-hybridized carbons (Fsp3) is 0.385. The smallest absolute Gasteiger partial charge is 0.253 e. The van der Waals surface area contributed by atoms with E-state index in [0.29, 0.717) is 41.0 Å². The highest BCUT2D eigenvalue weighted by molar-refractivity contribution is 5.51. The third kappa shape index (κ3) is 2.39. The molecule has 7 heteroatoms. The molecule has 3 rings (SSSR count). The van der Waals surface area contributed by atoms with E-state index in [1.165, 1.54) is 0 Å². The fourth-order valence-electron chi connectivity index (χ4n) is 1.85. The molecule has 0 radical (unpaired) electrons. The Hall–Kier alpha value is -2.28. The molecule has 0 saturated carbocycles. The van der Waals surface area contributed by atoms with Gasteiger partial charge in [-0.15, -0.1) is 10.2 Å². The van der Waals surface area contributed by atoms with E-state index in [4.69, 9.17) is 18.6 Å². The molecule has 2 aromatic rings. The summed E-state index contributed by atoms with van der Waals surface area (Å²) in [5.41, 5.74) is 0.615. The Bertz CT molecular complexity index is 611.